The Balaban J connectivity index is 0.00000280. The van der Waals surface area contributed by atoms with Gasteiger partial charge in [-0.05, 0) is 69.7 Å². The van der Waals surface area contributed by atoms with Crippen LogP contribution < -0.4 is 10.6 Å². The summed E-state index contributed by atoms with van der Waals surface area (Å²) in [6.45, 7) is 6.55. The topological polar surface area (TPSA) is 61.4 Å². The number of halogens is 2. The molecule has 2 N–H and O–H groups in total. The van der Waals surface area contributed by atoms with Crippen molar-refractivity contribution in [3.63, 3.8) is 0 Å². The molecule has 0 bridgehead atoms. The van der Waals surface area contributed by atoms with E-state index in [2.05, 4.69) is 10.6 Å². The van der Waals surface area contributed by atoms with E-state index in [9.17, 15) is 14.0 Å². The third-order valence-corrected chi connectivity index (χ3v) is 5.83. The summed E-state index contributed by atoms with van der Waals surface area (Å²) in [5.41, 5.74) is -0.0867. The van der Waals surface area contributed by atoms with Gasteiger partial charge in [0.25, 0.3) is 0 Å². The average Bonchev–Trinajstić information content (AvgIpc) is 3.20. The summed E-state index contributed by atoms with van der Waals surface area (Å²) >= 11 is 0. The lowest BCUT2D eigenvalue weighted by Gasteiger charge is -2.38. The Morgan fingerprint density at radius 1 is 1.29 bits per heavy atom. The van der Waals surface area contributed by atoms with Crippen LogP contribution in [0.15, 0.2) is 24.3 Å². The summed E-state index contributed by atoms with van der Waals surface area (Å²) in [6.07, 6.45) is 3.86. The van der Waals surface area contributed by atoms with E-state index in [1.165, 1.54) is 12.1 Å². The Morgan fingerprint density at radius 2 is 2.07 bits per heavy atom. The van der Waals surface area contributed by atoms with Crippen LogP contribution >= 0.6 is 12.4 Å². The van der Waals surface area contributed by atoms with Gasteiger partial charge in [-0.1, -0.05) is 12.1 Å². The fourth-order valence-electron chi connectivity index (χ4n) is 4.09. The normalized spacial score (nSPS) is 22.5. The second kappa shape index (κ2) is 9.70. The van der Waals surface area contributed by atoms with Gasteiger partial charge in [0, 0.05) is 19.6 Å². The van der Waals surface area contributed by atoms with Gasteiger partial charge in [-0.15, -0.1) is 12.4 Å². The van der Waals surface area contributed by atoms with Gasteiger partial charge in [0.05, 0.1) is 11.5 Å². The first kappa shape index (κ1) is 22.6. The van der Waals surface area contributed by atoms with Crippen molar-refractivity contribution in [1.82, 2.24) is 15.5 Å². The first-order valence-corrected chi connectivity index (χ1v) is 9.94. The van der Waals surface area contributed by atoms with E-state index in [1.807, 2.05) is 18.7 Å². The van der Waals surface area contributed by atoms with Crippen LogP contribution in [0, 0.1) is 11.7 Å². The lowest BCUT2D eigenvalue weighted by molar-refractivity contribution is -0.138. The van der Waals surface area contributed by atoms with Crippen molar-refractivity contribution in [3.8, 4) is 0 Å². The van der Waals surface area contributed by atoms with Crippen LogP contribution in [0.1, 0.15) is 45.1 Å². The lowest BCUT2D eigenvalue weighted by atomic mass is 9.82. The minimum Gasteiger partial charge on any atom is -0.354 e. The number of hydrogen-bond donors (Lipinski definition) is 2. The van der Waals surface area contributed by atoms with Gasteiger partial charge in [0.15, 0.2) is 0 Å². The number of amides is 2. The van der Waals surface area contributed by atoms with Crippen molar-refractivity contribution >= 4 is 24.2 Å². The molecule has 0 saturated carbocycles. The number of likely N-dealkylation sites (tertiary alicyclic amines) is 1. The molecule has 2 amide bonds. The van der Waals surface area contributed by atoms with E-state index in [0.717, 1.165) is 32.2 Å². The van der Waals surface area contributed by atoms with E-state index < -0.39 is 5.41 Å². The molecule has 2 atom stereocenters. The molecule has 2 aliphatic rings. The van der Waals surface area contributed by atoms with Crippen LogP contribution in [0.3, 0.4) is 0 Å². The molecule has 156 valence electrons. The molecule has 28 heavy (non-hydrogen) atoms. The standard InChI is InChI=1S/C21H30FN3O2.ClH/c1-21(2,16-7-3-8-17(22)12-16)20(27)25-11-5-6-15(14-25)13-24-19(26)18-9-4-10-23-18;/h3,7-8,12,15,18,23H,4-6,9-11,13-14H2,1-2H3,(H,24,26);1H. The Kier molecular flexibility index (Phi) is 7.84. The number of carbonyl (C=O) groups excluding carboxylic acids is 2. The van der Waals surface area contributed by atoms with Crippen LogP contribution in [-0.4, -0.2) is 48.9 Å². The third-order valence-electron chi connectivity index (χ3n) is 5.83. The Morgan fingerprint density at radius 3 is 2.75 bits per heavy atom. The molecule has 0 aliphatic carbocycles. The summed E-state index contributed by atoms with van der Waals surface area (Å²) in [5.74, 6) is 0.0159. The highest BCUT2D eigenvalue weighted by molar-refractivity contribution is 5.87. The molecule has 2 saturated heterocycles. The fraction of sp³-hybridized carbons (Fsp3) is 0.619. The highest BCUT2D eigenvalue weighted by atomic mass is 35.5. The summed E-state index contributed by atoms with van der Waals surface area (Å²) in [4.78, 5) is 27.2. The zero-order chi connectivity index (χ0) is 19.4. The first-order valence-electron chi connectivity index (χ1n) is 9.94. The molecule has 2 fully saturated rings. The highest BCUT2D eigenvalue weighted by Crippen LogP contribution is 2.28. The SMILES string of the molecule is CC(C)(C(=O)N1CCCC(CNC(=O)C2CCCN2)C1)c1cccc(F)c1.Cl. The van der Waals surface area contributed by atoms with Gasteiger partial charge >= 0.3 is 0 Å². The highest BCUT2D eigenvalue weighted by Gasteiger charge is 2.36. The largest absolute Gasteiger partial charge is 0.354 e. The zero-order valence-corrected chi connectivity index (χ0v) is 17.5. The average molecular weight is 412 g/mol. The Labute approximate surface area is 172 Å². The van der Waals surface area contributed by atoms with E-state index in [1.54, 1.807) is 12.1 Å². The minimum atomic E-state index is -0.777. The smallest absolute Gasteiger partial charge is 0.237 e. The molecule has 2 unspecified atom stereocenters. The van der Waals surface area contributed by atoms with Crippen molar-refractivity contribution in [2.24, 2.45) is 5.92 Å². The number of benzene rings is 1. The maximum atomic E-state index is 13.6. The number of carbonyl (C=O) groups is 2. The van der Waals surface area contributed by atoms with Gasteiger partial charge < -0.3 is 15.5 Å². The van der Waals surface area contributed by atoms with E-state index >= 15 is 0 Å². The maximum absolute atomic E-state index is 13.6. The number of nitrogens with zero attached hydrogens (tertiary/aromatic N) is 1. The van der Waals surface area contributed by atoms with Crippen LogP contribution in [-0.2, 0) is 15.0 Å². The summed E-state index contributed by atoms with van der Waals surface area (Å²) in [6, 6.07) is 6.21. The van der Waals surface area contributed by atoms with Gasteiger partial charge in [0.2, 0.25) is 11.8 Å². The molecular formula is C21H31ClFN3O2. The van der Waals surface area contributed by atoms with Crippen molar-refractivity contribution in [1.29, 1.82) is 0 Å². The lowest BCUT2D eigenvalue weighted by Crippen LogP contribution is -2.50. The van der Waals surface area contributed by atoms with E-state index in [-0.39, 0.29) is 42.0 Å². The summed E-state index contributed by atoms with van der Waals surface area (Å²) in [7, 11) is 0. The molecule has 1 aromatic carbocycles. The monoisotopic (exact) mass is 411 g/mol. The van der Waals surface area contributed by atoms with Gasteiger partial charge in [-0.2, -0.15) is 0 Å². The molecule has 2 aliphatic heterocycles. The molecular weight excluding hydrogens is 381 g/mol. The Hall–Kier alpha value is -1.66. The van der Waals surface area contributed by atoms with Crippen molar-refractivity contribution < 1.29 is 14.0 Å². The Bertz CT molecular complexity index is 692. The summed E-state index contributed by atoms with van der Waals surface area (Å²) in [5, 5.41) is 6.25. The van der Waals surface area contributed by atoms with Crippen molar-refractivity contribution in [2.75, 3.05) is 26.2 Å². The minimum absolute atomic E-state index is 0. The van der Waals surface area contributed by atoms with Gasteiger partial charge in [-0.25, -0.2) is 4.39 Å². The van der Waals surface area contributed by atoms with Crippen LogP contribution in [0.5, 0.6) is 0 Å². The van der Waals surface area contributed by atoms with Crippen molar-refractivity contribution in [3.05, 3.63) is 35.6 Å². The molecule has 1 aromatic rings. The molecule has 0 spiro atoms. The van der Waals surface area contributed by atoms with Gasteiger partial charge in [0.1, 0.15) is 5.82 Å². The molecule has 0 aromatic heterocycles. The molecule has 0 radical (unpaired) electrons. The van der Waals surface area contributed by atoms with Gasteiger partial charge in [-0.3, -0.25) is 9.59 Å². The second-order valence-corrected chi connectivity index (χ2v) is 8.29. The number of rotatable bonds is 5. The molecule has 2 heterocycles. The fourth-order valence-corrected chi connectivity index (χ4v) is 4.09. The van der Waals surface area contributed by atoms with E-state index in [0.29, 0.717) is 25.2 Å². The predicted octanol–water partition coefficient (Wildman–Crippen LogP) is 2.63. The van der Waals surface area contributed by atoms with Crippen LogP contribution in [0.2, 0.25) is 0 Å². The summed E-state index contributed by atoms with van der Waals surface area (Å²) < 4.78 is 13.6. The maximum Gasteiger partial charge on any atom is 0.237 e. The zero-order valence-electron chi connectivity index (χ0n) is 16.7. The molecule has 7 heteroatoms. The first-order chi connectivity index (χ1) is 12.9. The quantitative estimate of drug-likeness (QED) is 0.783. The molecule has 5 nitrogen and oxygen atoms in total. The van der Waals surface area contributed by atoms with E-state index in [4.69, 9.17) is 0 Å². The predicted molar refractivity (Wildman–Crippen MR) is 110 cm³/mol. The third kappa shape index (κ3) is 5.23. The number of hydrogen-bond acceptors (Lipinski definition) is 3. The van der Waals surface area contributed by atoms with Crippen LogP contribution in [0.25, 0.3) is 0 Å². The molecule has 3 rings (SSSR count). The number of nitrogens with one attached hydrogen (secondary N) is 2. The van der Waals surface area contributed by atoms with Crippen molar-refractivity contribution in [2.45, 2.75) is 51.0 Å². The number of piperidine rings is 1. The second-order valence-electron chi connectivity index (χ2n) is 8.29. The van der Waals surface area contributed by atoms with Crippen LogP contribution in [0.4, 0.5) is 4.39 Å².